The predicted molar refractivity (Wildman–Crippen MR) is 116 cm³/mol. The van der Waals surface area contributed by atoms with E-state index in [2.05, 4.69) is 40.1 Å². The second-order valence-corrected chi connectivity index (χ2v) is 9.02. The molecule has 3 heterocycles. The van der Waals surface area contributed by atoms with Crippen molar-refractivity contribution in [3.8, 4) is 0 Å². The summed E-state index contributed by atoms with van der Waals surface area (Å²) in [5.74, 6) is 0.911. The van der Waals surface area contributed by atoms with Crippen molar-refractivity contribution in [1.29, 1.82) is 0 Å². The maximum Gasteiger partial charge on any atom is 0.410 e. The lowest BCUT2D eigenvalue weighted by molar-refractivity contribution is 0.0240. The van der Waals surface area contributed by atoms with Crippen LogP contribution in [0.3, 0.4) is 0 Å². The minimum Gasteiger partial charge on any atom is -0.444 e. The average Bonchev–Trinajstić information content (AvgIpc) is 2.73. The Kier molecular flexibility index (Phi) is 5.90. The van der Waals surface area contributed by atoms with Crippen molar-refractivity contribution in [1.82, 2.24) is 19.8 Å². The fourth-order valence-corrected chi connectivity index (χ4v) is 3.90. The van der Waals surface area contributed by atoms with E-state index in [4.69, 9.17) is 14.7 Å². The van der Waals surface area contributed by atoms with Crippen molar-refractivity contribution in [3.05, 3.63) is 53.5 Å². The zero-order valence-corrected chi connectivity index (χ0v) is 18.2. The van der Waals surface area contributed by atoms with Crippen molar-refractivity contribution in [2.75, 3.05) is 37.6 Å². The summed E-state index contributed by atoms with van der Waals surface area (Å²) in [6, 6.07) is 10.6. The molecule has 4 rings (SSSR count). The molecule has 30 heavy (non-hydrogen) atoms. The van der Waals surface area contributed by atoms with Crippen molar-refractivity contribution >= 4 is 11.9 Å². The molecule has 1 aromatic carbocycles. The molecule has 2 aliphatic rings. The van der Waals surface area contributed by atoms with Gasteiger partial charge in [0.25, 0.3) is 0 Å². The van der Waals surface area contributed by atoms with Crippen LogP contribution in [0.5, 0.6) is 0 Å². The van der Waals surface area contributed by atoms with E-state index in [0.29, 0.717) is 13.1 Å². The molecular weight excluding hydrogens is 378 g/mol. The first-order chi connectivity index (χ1) is 14.4. The summed E-state index contributed by atoms with van der Waals surface area (Å²) in [5, 5.41) is 0. The van der Waals surface area contributed by atoms with E-state index in [1.165, 1.54) is 5.56 Å². The largest absolute Gasteiger partial charge is 0.444 e. The molecule has 1 aromatic heterocycles. The highest BCUT2D eigenvalue weighted by molar-refractivity contribution is 5.68. The van der Waals surface area contributed by atoms with Gasteiger partial charge in [0.15, 0.2) is 0 Å². The fraction of sp³-hybridized carbons (Fsp3) is 0.522. The Hall–Kier alpha value is -2.67. The van der Waals surface area contributed by atoms with E-state index < -0.39 is 5.60 Å². The number of aromatic nitrogens is 2. The SMILES string of the molecule is CC(C)(C)OC(=O)N1CCN(c2cnc3c(n2)CCN(Cc2ccccc2)C3)CC1. The van der Waals surface area contributed by atoms with Crippen molar-refractivity contribution in [3.63, 3.8) is 0 Å². The number of ether oxygens (including phenoxy) is 1. The summed E-state index contributed by atoms with van der Waals surface area (Å²) >= 11 is 0. The number of hydrogen-bond donors (Lipinski definition) is 0. The van der Waals surface area contributed by atoms with Crippen LogP contribution < -0.4 is 4.90 Å². The minimum atomic E-state index is -0.466. The zero-order chi connectivity index (χ0) is 21.1. The van der Waals surface area contributed by atoms with Crippen molar-refractivity contribution < 1.29 is 9.53 Å². The molecule has 0 atom stereocenters. The second kappa shape index (κ2) is 8.60. The van der Waals surface area contributed by atoms with E-state index in [9.17, 15) is 4.79 Å². The van der Waals surface area contributed by atoms with Gasteiger partial charge in [-0.15, -0.1) is 0 Å². The molecule has 1 amide bonds. The molecule has 7 nitrogen and oxygen atoms in total. The van der Waals surface area contributed by atoms with Gasteiger partial charge in [0, 0.05) is 52.2 Å². The van der Waals surface area contributed by atoms with Gasteiger partial charge in [-0.05, 0) is 26.3 Å². The van der Waals surface area contributed by atoms with Crippen LogP contribution in [0, 0.1) is 0 Å². The van der Waals surface area contributed by atoms with Crippen LogP contribution in [-0.4, -0.2) is 64.2 Å². The van der Waals surface area contributed by atoms with E-state index >= 15 is 0 Å². The monoisotopic (exact) mass is 409 g/mol. The normalized spacial score (nSPS) is 17.6. The molecule has 0 radical (unpaired) electrons. The Morgan fingerprint density at radius 3 is 2.47 bits per heavy atom. The third-order valence-corrected chi connectivity index (χ3v) is 5.46. The summed E-state index contributed by atoms with van der Waals surface area (Å²) in [6.45, 7) is 11.2. The highest BCUT2D eigenvalue weighted by Crippen LogP contribution is 2.21. The summed E-state index contributed by atoms with van der Waals surface area (Å²) < 4.78 is 5.48. The van der Waals surface area contributed by atoms with Crippen molar-refractivity contribution in [2.45, 2.75) is 45.9 Å². The van der Waals surface area contributed by atoms with Crippen molar-refractivity contribution in [2.24, 2.45) is 0 Å². The number of nitrogens with zero attached hydrogens (tertiary/aromatic N) is 5. The number of anilines is 1. The van der Waals surface area contributed by atoms with Crippen LogP contribution >= 0.6 is 0 Å². The van der Waals surface area contributed by atoms with Gasteiger partial charge in [-0.3, -0.25) is 9.88 Å². The molecule has 2 aromatic rings. The zero-order valence-electron chi connectivity index (χ0n) is 18.2. The molecule has 2 aliphatic heterocycles. The van der Waals surface area contributed by atoms with Gasteiger partial charge < -0.3 is 14.5 Å². The Labute approximate surface area is 178 Å². The quantitative estimate of drug-likeness (QED) is 0.776. The summed E-state index contributed by atoms with van der Waals surface area (Å²) in [4.78, 5) is 28.3. The van der Waals surface area contributed by atoms with Crippen LogP contribution in [0.15, 0.2) is 36.5 Å². The smallest absolute Gasteiger partial charge is 0.410 e. The molecule has 0 N–H and O–H groups in total. The van der Waals surface area contributed by atoms with E-state index in [0.717, 1.165) is 56.4 Å². The van der Waals surface area contributed by atoms with Gasteiger partial charge >= 0.3 is 6.09 Å². The summed E-state index contributed by atoms with van der Waals surface area (Å²) in [6.07, 6.45) is 2.56. The fourth-order valence-electron chi connectivity index (χ4n) is 3.90. The van der Waals surface area contributed by atoms with E-state index in [1.807, 2.05) is 27.0 Å². The number of piperazine rings is 1. The Morgan fingerprint density at radius 2 is 1.77 bits per heavy atom. The molecule has 0 unspecified atom stereocenters. The topological polar surface area (TPSA) is 61.8 Å². The number of carbonyl (C=O) groups excluding carboxylic acids is 1. The number of fused-ring (bicyclic) bond motifs is 1. The number of rotatable bonds is 3. The maximum atomic E-state index is 12.3. The lowest BCUT2D eigenvalue weighted by Gasteiger charge is -2.36. The molecule has 160 valence electrons. The molecular formula is C23H31N5O2. The Balaban J connectivity index is 1.34. The third kappa shape index (κ3) is 5.08. The van der Waals surface area contributed by atoms with Crippen LogP contribution in [0.2, 0.25) is 0 Å². The van der Waals surface area contributed by atoms with Gasteiger partial charge in [0.1, 0.15) is 11.4 Å². The second-order valence-electron chi connectivity index (χ2n) is 9.02. The number of amides is 1. The van der Waals surface area contributed by atoms with E-state index in [1.54, 1.807) is 4.90 Å². The molecule has 0 bridgehead atoms. The van der Waals surface area contributed by atoms with Crippen LogP contribution in [-0.2, 0) is 24.2 Å². The van der Waals surface area contributed by atoms with Crippen LogP contribution in [0.1, 0.15) is 37.7 Å². The average molecular weight is 410 g/mol. The van der Waals surface area contributed by atoms with Gasteiger partial charge in [0.05, 0.1) is 17.6 Å². The van der Waals surface area contributed by atoms with Crippen LogP contribution in [0.4, 0.5) is 10.6 Å². The molecule has 1 saturated heterocycles. The number of benzene rings is 1. The predicted octanol–water partition coefficient (Wildman–Crippen LogP) is 3.09. The first-order valence-corrected chi connectivity index (χ1v) is 10.7. The van der Waals surface area contributed by atoms with Crippen LogP contribution in [0.25, 0.3) is 0 Å². The highest BCUT2D eigenvalue weighted by atomic mass is 16.6. The van der Waals surface area contributed by atoms with Gasteiger partial charge in [-0.2, -0.15) is 0 Å². The highest BCUT2D eigenvalue weighted by Gasteiger charge is 2.27. The lowest BCUT2D eigenvalue weighted by Crippen LogP contribution is -2.50. The lowest BCUT2D eigenvalue weighted by atomic mass is 10.1. The summed E-state index contributed by atoms with van der Waals surface area (Å²) in [5.41, 5.74) is 3.04. The van der Waals surface area contributed by atoms with Gasteiger partial charge in [0.2, 0.25) is 0 Å². The third-order valence-electron chi connectivity index (χ3n) is 5.46. The maximum absolute atomic E-state index is 12.3. The van der Waals surface area contributed by atoms with Gasteiger partial charge in [-0.25, -0.2) is 9.78 Å². The Bertz CT molecular complexity index is 873. The Morgan fingerprint density at radius 1 is 1.03 bits per heavy atom. The standard InChI is InChI=1S/C23H31N5O2/c1-23(2,3)30-22(29)28-13-11-27(12-14-28)21-15-24-20-17-26(10-9-19(20)25-21)16-18-7-5-4-6-8-18/h4-8,15H,9-14,16-17H2,1-3H3. The van der Waals surface area contributed by atoms with E-state index in [-0.39, 0.29) is 6.09 Å². The molecule has 1 fully saturated rings. The minimum absolute atomic E-state index is 0.239. The first-order valence-electron chi connectivity index (χ1n) is 10.7. The number of carbonyl (C=O) groups is 1. The first kappa shape index (κ1) is 20.6. The number of hydrogen-bond acceptors (Lipinski definition) is 6. The molecule has 0 saturated carbocycles. The molecule has 0 aliphatic carbocycles. The molecule has 0 spiro atoms. The summed E-state index contributed by atoms with van der Waals surface area (Å²) in [7, 11) is 0. The molecule has 7 heteroatoms. The van der Waals surface area contributed by atoms with Gasteiger partial charge in [-0.1, -0.05) is 30.3 Å².